The quantitative estimate of drug-likeness (QED) is 0.733. The summed E-state index contributed by atoms with van der Waals surface area (Å²) >= 11 is 12.0. The van der Waals surface area contributed by atoms with Crippen molar-refractivity contribution >= 4 is 23.2 Å². The minimum Gasteiger partial charge on any atom is -0.477 e. The van der Waals surface area contributed by atoms with Crippen molar-refractivity contribution in [1.29, 1.82) is 0 Å². The summed E-state index contributed by atoms with van der Waals surface area (Å²) in [6.07, 6.45) is 2.86. The fraction of sp³-hybridized carbons (Fsp3) is 0.471. The van der Waals surface area contributed by atoms with E-state index < -0.39 is 0 Å². The predicted molar refractivity (Wildman–Crippen MR) is 97.6 cm³/mol. The van der Waals surface area contributed by atoms with Crippen molar-refractivity contribution in [2.75, 3.05) is 46.4 Å². The third-order valence-corrected chi connectivity index (χ3v) is 4.94. The van der Waals surface area contributed by atoms with E-state index in [0.29, 0.717) is 22.5 Å². The maximum atomic E-state index is 6.04. The molecule has 0 unspecified atom stereocenters. The molecular weight excluding hydrogens is 347 g/mol. The van der Waals surface area contributed by atoms with Crippen LogP contribution in [-0.4, -0.2) is 66.0 Å². The lowest BCUT2D eigenvalue weighted by Crippen LogP contribution is -2.44. The summed E-state index contributed by atoms with van der Waals surface area (Å²) in [5, 5.41) is 5.47. The molecule has 7 heteroatoms. The Morgan fingerprint density at radius 2 is 1.88 bits per heavy atom. The van der Waals surface area contributed by atoms with Crippen LogP contribution < -0.4 is 4.74 Å². The number of likely N-dealkylation sites (N-methyl/N-ethyl adjacent to an activating group) is 1. The number of piperazine rings is 1. The van der Waals surface area contributed by atoms with Crippen molar-refractivity contribution in [3.63, 3.8) is 0 Å². The van der Waals surface area contributed by atoms with Crippen molar-refractivity contribution in [3.8, 4) is 11.6 Å². The van der Waals surface area contributed by atoms with Gasteiger partial charge in [-0.05, 0) is 31.7 Å². The van der Waals surface area contributed by atoms with Crippen LogP contribution in [0.15, 0.2) is 30.5 Å². The topological polar surface area (TPSA) is 33.5 Å². The molecule has 1 aromatic carbocycles. The SMILES string of the molecule is CN1CCN(CCCOc2ccn(-c3ccc(Cl)c(Cl)c3)n2)CC1. The second kappa shape index (κ2) is 8.21. The first-order valence-electron chi connectivity index (χ1n) is 8.16. The zero-order valence-electron chi connectivity index (χ0n) is 13.8. The Morgan fingerprint density at radius 3 is 2.62 bits per heavy atom. The Kier molecular flexibility index (Phi) is 6.00. The van der Waals surface area contributed by atoms with Crippen LogP contribution in [0.4, 0.5) is 0 Å². The van der Waals surface area contributed by atoms with E-state index in [2.05, 4.69) is 21.9 Å². The van der Waals surface area contributed by atoms with E-state index in [1.165, 1.54) is 0 Å². The minimum atomic E-state index is 0.513. The average molecular weight is 369 g/mol. The van der Waals surface area contributed by atoms with Crippen molar-refractivity contribution in [2.24, 2.45) is 0 Å². The number of benzene rings is 1. The van der Waals surface area contributed by atoms with Crippen molar-refractivity contribution in [1.82, 2.24) is 19.6 Å². The fourth-order valence-corrected chi connectivity index (χ4v) is 2.98. The molecule has 1 aliphatic rings. The van der Waals surface area contributed by atoms with Crippen molar-refractivity contribution < 1.29 is 4.74 Å². The molecule has 24 heavy (non-hydrogen) atoms. The molecule has 130 valence electrons. The zero-order chi connectivity index (χ0) is 16.9. The van der Waals surface area contributed by atoms with E-state index in [-0.39, 0.29) is 0 Å². The lowest BCUT2D eigenvalue weighted by molar-refractivity contribution is 0.145. The van der Waals surface area contributed by atoms with Gasteiger partial charge in [-0.25, -0.2) is 4.68 Å². The monoisotopic (exact) mass is 368 g/mol. The number of ether oxygens (including phenoxy) is 1. The number of hydrogen-bond donors (Lipinski definition) is 0. The molecule has 0 spiro atoms. The average Bonchev–Trinajstić information content (AvgIpc) is 3.05. The number of hydrogen-bond acceptors (Lipinski definition) is 4. The summed E-state index contributed by atoms with van der Waals surface area (Å²) in [5.41, 5.74) is 0.858. The molecule has 0 atom stereocenters. The zero-order valence-corrected chi connectivity index (χ0v) is 15.3. The van der Waals surface area contributed by atoms with Crippen LogP contribution in [0.2, 0.25) is 10.0 Å². The molecule has 1 aliphatic heterocycles. The number of rotatable bonds is 6. The van der Waals surface area contributed by atoms with Gasteiger partial charge in [-0.1, -0.05) is 23.2 Å². The molecule has 2 heterocycles. The highest BCUT2D eigenvalue weighted by molar-refractivity contribution is 6.42. The van der Waals surface area contributed by atoms with E-state index in [1.807, 2.05) is 18.3 Å². The molecule has 0 radical (unpaired) electrons. The summed E-state index contributed by atoms with van der Waals surface area (Å²) in [6.45, 7) is 6.32. The van der Waals surface area contributed by atoms with Crippen LogP contribution in [0.25, 0.3) is 5.69 Å². The summed E-state index contributed by atoms with van der Waals surface area (Å²) in [4.78, 5) is 4.85. The summed E-state index contributed by atoms with van der Waals surface area (Å²) in [6, 6.07) is 7.28. The molecule has 1 fully saturated rings. The lowest BCUT2D eigenvalue weighted by atomic mass is 10.3. The summed E-state index contributed by atoms with van der Waals surface area (Å²) < 4.78 is 7.48. The number of halogens is 2. The normalized spacial score (nSPS) is 16.5. The molecular formula is C17H22Cl2N4O. The fourth-order valence-electron chi connectivity index (χ4n) is 2.69. The molecule has 3 rings (SSSR count). The second-order valence-electron chi connectivity index (χ2n) is 6.04. The maximum Gasteiger partial charge on any atom is 0.233 e. The van der Waals surface area contributed by atoms with Crippen LogP contribution in [0.3, 0.4) is 0 Å². The highest BCUT2D eigenvalue weighted by Crippen LogP contribution is 2.24. The standard InChI is InChI=1S/C17H22Cl2N4O/c1-21-8-10-22(11-9-21)6-2-12-24-17-5-7-23(20-17)14-3-4-15(18)16(19)13-14/h3-5,7,13H,2,6,8-12H2,1H3. The maximum absolute atomic E-state index is 6.04. The number of nitrogens with zero attached hydrogens (tertiary/aromatic N) is 4. The van der Waals surface area contributed by atoms with Gasteiger partial charge in [0.25, 0.3) is 0 Å². The van der Waals surface area contributed by atoms with E-state index in [1.54, 1.807) is 16.8 Å². The van der Waals surface area contributed by atoms with Crippen LogP contribution in [-0.2, 0) is 0 Å². The smallest absolute Gasteiger partial charge is 0.233 e. The van der Waals surface area contributed by atoms with Gasteiger partial charge in [0.2, 0.25) is 5.88 Å². The van der Waals surface area contributed by atoms with E-state index >= 15 is 0 Å². The van der Waals surface area contributed by atoms with Gasteiger partial charge in [-0.15, -0.1) is 5.10 Å². The van der Waals surface area contributed by atoms with Crippen LogP contribution in [0.1, 0.15) is 6.42 Å². The van der Waals surface area contributed by atoms with E-state index in [9.17, 15) is 0 Å². The van der Waals surface area contributed by atoms with Crippen molar-refractivity contribution in [3.05, 3.63) is 40.5 Å². The molecule has 0 bridgehead atoms. The predicted octanol–water partition coefficient (Wildman–Crippen LogP) is 3.20. The van der Waals surface area contributed by atoms with Gasteiger partial charge in [0.05, 0.1) is 22.3 Å². The third kappa shape index (κ3) is 4.63. The molecule has 1 saturated heterocycles. The molecule has 0 amide bonds. The van der Waals surface area contributed by atoms with E-state index in [0.717, 1.165) is 44.8 Å². The van der Waals surface area contributed by atoms with Gasteiger partial charge in [0.1, 0.15) is 0 Å². The van der Waals surface area contributed by atoms with Crippen LogP contribution in [0, 0.1) is 0 Å². The summed E-state index contributed by atoms with van der Waals surface area (Å²) in [5.74, 6) is 0.624. The Bertz CT molecular complexity index is 668. The van der Waals surface area contributed by atoms with E-state index in [4.69, 9.17) is 27.9 Å². The van der Waals surface area contributed by atoms with Gasteiger partial charge in [-0.2, -0.15) is 0 Å². The third-order valence-electron chi connectivity index (χ3n) is 4.20. The molecule has 0 N–H and O–H groups in total. The van der Waals surface area contributed by atoms with Gasteiger partial charge in [-0.3, -0.25) is 0 Å². The van der Waals surface area contributed by atoms with Crippen molar-refractivity contribution in [2.45, 2.75) is 6.42 Å². The van der Waals surface area contributed by atoms with Gasteiger partial charge >= 0.3 is 0 Å². The highest BCUT2D eigenvalue weighted by atomic mass is 35.5. The second-order valence-corrected chi connectivity index (χ2v) is 6.86. The summed E-state index contributed by atoms with van der Waals surface area (Å²) in [7, 11) is 2.17. The first-order valence-corrected chi connectivity index (χ1v) is 8.92. The van der Waals surface area contributed by atoms with Gasteiger partial charge in [0.15, 0.2) is 0 Å². The van der Waals surface area contributed by atoms with Gasteiger partial charge < -0.3 is 14.5 Å². The lowest BCUT2D eigenvalue weighted by Gasteiger charge is -2.32. The molecule has 1 aromatic heterocycles. The Hall–Kier alpha value is -1.27. The largest absolute Gasteiger partial charge is 0.477 e. The molecule has 0 saturated carbocycles. The Morgan fingerprint density at radius 1 is 1.08 bits per heavy atom. The molecule has 5 nitrogen and oxygen atoms in total. The number of aromatic nitrogens is 2. The first-order chi connectivity index (χ1) is 11.6. The van der Waals surface area contributed by atoms with Crippen LogP contribution in [0.5, 0.6) is 5.88 Å². The van der Waals surface area contributed by atoms with Gasteiger partial charge in [0, 0.05) is 45.0 Å². The van der Waals surface area contributed by atoms with Crippen LogP contribution >= 0.6 is 23.2 Å². The molecule has 2 aromatic rings. The minimum absolute atomic E-state index is 0.513. The highest BCUT2D eigenvalue weighted by Gasteiger charge is 2.13. The first kappa shape index (κ1) is 17.5. The Balaban J connectivity index is 1.45. The molecule has 0 aliphatic carbocycles. The Labute approximate surface area is 152 Å².